The average molecular weight is 568 g/mol. The van der Waals surface area contributed by atoms with E-state index in [1.54, 1.807) is 12.1 Å². The lowest BCUT2D eigenvalue weighted by Gasteiger charge is -2.28. The third-order valence-corrected chi connectivity index (χ3v) is 8.36. The number of benzene rings is 2. The molecule has 2 rings (SSSR count). The van der Waals surface area contributed by atoms with Gasteiger partial charge in [0.1, 0.15) is 17.3 Å². The monoisotopic (exact) mass is 566 g/mol. The highest BCUT2D eigenvalue weighted by Crippen LogP contribution is 2.39. The molecule has 2 aromatic carbocycles. The summed E-state index contributed by atoms with van der Waals surface area (Å²) in [6, 6.07) is 11.1. The first kappa shape index (κ1) is 26.9. The van der Waals surface area contributed by atoms with Crippen LogP contribution < -0.4 is 0 Å². The summed E-state index contributed by atoms with van der Waals surface area (Å²) in [5.74, 6) is -0.0515. The standard InChI is InChI=1S/C27H36Br2O3/c1-7-26(3,4)21-13-17(9-11-23(21)30)19(15-28)25(32)20(16-29)18-10-12-24(31)22(14-18)27(5,6)8-2/h9-14,19-20,30-31H,7-8,15-16H2,1-6H3. The fourth-order valence-corrected chi connectivity index (χ4v) is 5.29. The molecule has 32 heavy (non-hydrogen) atoms. The number of carbonyl (C=O) groups is 1. The smallest absolute Gasteiger partial charge is 0.149 e. The third-order valence-electron chi connectivity index (χ3n) is 7.07. The van der Waals surface area contributed by atoms with E-state index in [9.17, 15) is 15.0 Å². The van der Waals surface area contributed by atoms with Crippen LogP contribution >= 0.6 is 31.9 Å². The highest BCUT2D eigenvalue weighted by Gasteiger charge is 2.32. The molecule has 0 radical (unpaired) electrons. The van der Waals surface area contributed by atoms with Gasteiger partial charge < -0.3 is 10.2 Å². The Balaban J connectivity index is 2.50. The van der Waals surface area contributed by atoms with Crippen molar-refractivity contribution in [1.82, 2.24) is 0 Å². The molecule has 0 aliphatic carbocycles. The molecule has 176 valence electrons. The minimum Gasteiger partial charge on any atom is -0.508 e. The molecule has 0 bridgehead atoms. The molecule has 0 spiro atoms. The van der Waals surface area contributed by atoms with Crippen molar-refractivity contribution >= 4 is 37.6 Å². The Morgan fingerprint density at radius 1 is 0.781 bits per heavy atom. The molecule has 2 N–H and O–H groups in total. The summed E-state index contributed by atoms with van der Waals surface area (Å²) in [6.07, 6.45) is 1.76. The number of ketones is 1. The van der Waals surface area contributed by atoms with Crippen LogP contribution in [0.4, 0.5) is 0 Å². The lowest BCUT2D eigenvalue weighted by atomic mass is 9.77. The van der Waals surface area contributed by atoms with Crippen LogP contribution in [0.3, 0.4) is 0 Å². The number of phenols is 2. The molecule has 0 aliphatic heterocycles. The second-order valence-electron chi connectivity index (χ2n) is 9.84. The maximum absolute atomic E-state index is 13.8. The minimum atomic E-state index is -0.346. The summed E-state index contributed by atoms with van der Waals surface area (Å²) < 4.78 is 0. The number of halogens is 2. The van der Waals surface area contributed by atoms with Gasteiger partial charge in [0, 0.05) is 10.7 Å². The quantitative estimate of drug-likeness (QED) is 0.289. The molecule has 0 fully saturated rings. The normalized spacial score (nSPS) is 14.2. The summed E-state index contributed by atoms with van der Waals surface area (Å²) >= 11 is 7.13. The maximum atomic E-state index is 13.8. The molecule has 0 saturated heterocycles. The number of hydrogen-bond donors (Lipinski definition) is 2. The van der Waals surface area contributed by atoms with E-state index in [1.807, 2.05) is 24.3 Å². The Bertz CT molecular complexity index is 874. The van der Waals surface area contributed by atoms with Crippen molar-refractivity contribution < 1.29 is 15.0 Å². The van der Waals surface area contributed by atoms with Crippen molar-refractivity contribution in [2.75, 3.05) is 10.7 Å². The summed E-state index contributed by atoms with van der Waals surface area (Å²) in [5, 5.41) is 21.9. The Morgan fingerprint density at radius 2 is 1.12 bits per heavy atom. The van der Waals surface area contributed by atoms with Gasteiger partial charge in [0.2, 0.25) is 0 Å². The molecule has 0 amide bonds. The van der Waals surface area contributed by atoms with Crippen LogP contribution in [0.2, 0.25) is 0 Å². The van der Waals surface area contributed by atoms with Crippen molar-refractivity contribution in [3.63, 3.8) is 0 Å². The molecule has 2 atom stereocenters. The number of alkyl halides is 2. The van der Waals surface area contributed by atoms with Gasteiger partial charge in [-0.2, -0.15) is 0 Å². The number of phenolic OH excluding ortho intramolecular Hbond substituents is 2. The maximum Gasteiger partial charge on any atom is 0.149 e. The zero-order chi connectivity index (χ0) is 24.3. The van der Waals surface area contributed by atoms with Crippen LogP contribution in [-0.2, 0) is 15.6 Å². The van der Waals surface area contributed by atoms with Crippen LogP contribution in [-0.4, -0.2) is 26.7 Å². The van der Waals surface area contributed by atoms with Gasteiger partial charge in [0.05, 0.1) is 11.8 Å². The number of carbonyl (C=O) groups excluding carboxylic acids is 1. The largest absolute Gasteiger partial charge is 0.508 e. The van der Waals surface area contributed by atoms with Crippen molar-refractivity contribution in [3.05, 3.63) is 58.7 Å². The molecular formula is C27H36Br2O3. The zero-order valence-corrected chi connectivity index (χ0v) is 23.2. The van der Waals surface area contributed by atoms with Gasteiger partial charge in [-0.15, -0.1) is 0 Å². The van der Waals surface area contributed by atoms with Crippen LogP contribution in [0.25, 0.3) is 0 Å². The van der Waals surface area contributed by atoms with E-state index in [-0.39, 0.29) is 39.9 Å². The van der Waals surface area contributed by atoms with Crippen molar-refractivity contribution in [2.24, 2.45) is 0 Å². The SMILES string of the molecule is CCC(C)(C)c1cc(C(CBr)C(=O)C(CBr)c2ccc(O)c(C(C)(C)CC)c2)ccc1O. The van der Waals surface area contributed by atoms with Crippen LogP contribution in [0.1, 0.15) is 88.5 Å². The van der Waals surface area contributed by atoms with Gasteiger partial charge in [0.15, 0.2) is 0 Å². The van der Waals surface area contributed by atoms with Crippen LogP contribution in [0.5, 0.6) is 11.5 Å². The second kappa shape index (κ2) is 10.7. The first-order valence-corrected chi connectivity index (χ1v) is 13.5. The van der Waals surface area contributed by atoms with E-state index in [1.165, 1.54) is 0 Å². The van der Waals surface area contributed by atoms with Crippen molar-refractivity contribution in [2.45, 2.75) is 77.0 Å². The third kappa shape index (κ3) is 5.59. The molecule has 0 heterocycles. The molecule has 2 aromatic rings. The predicted octanol–water partition coefficient (Wildman–Crippen LogP) is 7.70. The van der Waals surface area contributed by atoms with Gasteiger partial charge in [-0.1, -0.05) is 97.7 Å². The number of Topliss-reactive ketones (excluding diaryl/α,β-unsaturated/α-hetero) is 1. The van der Waals surface area contributed by atoms with Crippen LogP contribution in [0.15, 0.2) is 36.4 Å². The Hall–Kier alpha value is -1.33. The van der Waals surface area contributed by atoms with Gasteiger partial charge >= 0.3 is 0 Å². The van der Waals surface area contributed by atoms with Gasteiger partial charge in [-0.25, -0.2) is 0 Å². The second-order valence-corrected chi connectivity index (χ2v) is 11.1. The topological polar surface area (TPSA) is 57.5 Å². The van der Waals surface area contributed by atoms with Crippen molar-refractivity contribution in [3.8, 4) is 11.5 Å². The van der Waals surface area contributed by atoms with Gasteiger partial charge in [-0.3, -0.25) is 4.79 Å². The first-order chi connectivity index (χ1) is 14.9. The van der Waals surface area contributed by atoms with E-state index < -0.39 is 0 Å². The highest BCUT2D eigenvalue weighted by atomic mass is 79.9. The molecule has 2 unspecified atom stereocenters. The Kier molecular flexibility index (Phi) is 9.03. The molecule has 0 aromatic heterocycles. The summed E-state index contributed by atoms with van der Waals surface area (Å²) in [5.41, 5.74) is 3.16. The fraction of sp³-hybridized carbons (Fsp3) is 0.519. The number of hydrogen-bond acceptors (Lipinski definition) is 3. The molecule has 0 aliphatic rings. The molecule has 3 nitrogen and oxygen atoms in total. The van der Waals surface area contributed by atoms with E-state index in [4.69, 9.17) is 0 Å². The van der Waals surface area contributed by atoms with Gasteiger partial charge in [0.25, 0.3) is 0 Å². The molecule has 5 heteroatoms. The van der Waals surface area contributed by atoms with E-state index >= 15 is 0 Å². The zero-order valence-electron chi connectivity index (χ0n) is 20.0. The predicted molar refractivity (Wildman–Crippen MR) is 141 cm³/mol. The van der Waals surface area contributed by atoms with E-state index in [0.717, 1.165) is 35.1 Å². The highest BCUT2D eigenvalue weighted by molar-refractivity contribution is 9.09. The fourth-order valence-electron chi connectivity index (χ4n) is 3.91. The number of aromatic hydroxyl groups is 2. The molecular weight excluding hydrogens is 532 g/mol. The lowest BCUT2D eigenvalue weighted by molar-refractivity contribution is -0.121. The summed E-state index contributed by atoms with van der Waals surface area (Å²) in [4.78, 5) is 13.8. The van der Waals surface area contributed by atoms with Crippen LogP contribution in [0, 0.1) is 0 Å². The average Bonchev–Trinajstić information content (AvgIpc) is 2.76. The summed E-state index contributed by atoms with van der Waals surface area (Å²) in [7, 11) is 0. The van der Waals surface area contributed by atoms with Gasteiger partial charge in [-0.05, 0) is 58.1 Å². The molecule has 0 saturated carbocycles. The Labute approximate surface area is 209 Å². The van der Waals surface area contributed by atoms with E-state index in [0.29, 0.717) is 10.7 Å². The lowest BCUT2D eigenvalue weighted by Crippen LogP contribution is -2.25. The Morgan fingerprint density at radius 3 is 1.41 bits per heavy atom. The van der Waals surface area contributed by atoms with Crippen molar-refractivity contribution in [1.29, 1.82) is 0 Å². The van der Waals surface area contributed by atoms with E-state index in [2.05, 4.69) is 73.4 Å². The minimum absolute atomic E-state index is 0.107. The first-order valence-electron chi connectivity index (χ1n) is 11.3. The number of rotatable bonds is 10. The summed E-state index contributed by atoms with van der Waals surface area (Å²) in [6.45, 7) is 12.6.